The van der Waals surface area contributed by atoms with E-state index < -0.39 is 0 Å². The Morgan fingerprint density at radius 3 is 2.65 bits per heavy atom. The van der Waals surface area contributed by atoms with Crippen molar-refractivity contribution in [2.24, 2.45) is 16.6 Å². The van der Waals surface area contributed by atoms with Gasteiger partial charge in [-0.3, -0.25) is 9.79 Å². The van der Waals surface area contributed by atoms with Crippen LogP contribution in [0.25, 0.3) is 0 Å². The Labute approximate surface area is 175 Å². The maximum Gasteiger partial charge on any atom is 0.217 e. The number of carbonyl (C=O) groups is 1. The van der Waals surface area contributed by atoms with Gasteiger partial charge in [0.1, 0.15) is 0 Å². The molecule has 7 heteroatoms. The maximum atomic E-state index is 11.2. The number of ether oxygens (including phenoxy) is 1. The molecule has 2 aliphatic rings. The second-order valence-corrected chi connectivity index (χ2v) is 7.62. The van der Waals surface area contributed by atoms with Gasteiger partial charge in [0, 0.05) is 39.7 Å². The van der Waals surface area contributed by atoms with Gasteiger partial charge in [-0.05, 0) is 38.0 Å². The molecule has 1 unspecified atom stereocenters. The minimum absolute atomic E-state index is 0. The van der Waals surface area contributed by atoms with E-state index in [4.69, 9.17) is 10.5 Å². The van der Waals surface area contributed by atoms with Crippen LogP contribution in [0.5, 0.6) is 0 Å². The molecule has 1 aliphatic heterocycles. The fraction of sp³-hybridized carbons (Fsp3) is 0.895. The fourth-order valence-electron chi connectivity index (χ4n) is 4.17. The lowest BCUT2D eigenvalue weighted by molar-refractivity contribution is -0.119. The average Bonchev–Trinajstić information content (AvgIpc) is 2.61. The third kappa shape index (κ3) is 7.21. The Kier molecular flexibility index (Phi) is 10.8. The number of guanidine groups is 1. The first kappa shape index (κ1) is 23.5. The first-order valence-electron chi connectivity index (χ1n) is 9.96. The molecular formula is C19H37IN4O2. The van der Waals surface area contributed by atoms with Crippen LogP contribution in [0.15, 0.2) is 4.99 Å². The van der Waals surface area contributed by atoms with Gasteiger partial charge in [0.05, 0.1) is 5.60 Å². The Morgan fingerprint density at radius 2 is 2.04 bits per heavy atom. The zero-order valence-electron chi connectivity index (χ0n) is 16.5. The van der Waals surface area contributed by atoms with Crippen molar-refractivity contribution in [1.29, 1.82) is 0 Å². The van der Waals surface area contributed by atoms with Crippen molar-refractivity contribution in [1.82, 2.24) is 10.2 Å². The smallest absolute Gasteiger partial charge is 0.217 e. The summed E-state index contributed by atoms with van der Waals surface area (Å²) in [5.41, 5.74) is 5.33. The number of nitrogens with zero attached hydrogens (tertiary/aromatic N) is 2. The van der Waals surface area contributed by atoms with E-state index in [1.165, 1.54) is 19.3 Å². The summed E-state index contributed by atoms with van der Waals surface area (Å²) in [4.78, 5) is 18.0. The summed E-state index contributed by atoms with van der Waals surface area (Å²) in [6.07, 6.45) is 9.73. The first-order chi connectivity index (χ1) is 12.1. The maximum absolute atomic E-state index is 11.2. The highest BCUT2D eigenvalue weighted by molar-refractivity contribution is 14.0. The molecule has 6 nitrogen and oxygen atoms in total. The Balaban J connectivity index is 0.00000338. The molecule has 0 bridgehead atoms. The van der Waals surface area contributed by atoms with E-state index in [0.717, 1.165) is 64.3 Å². The molecule has 1 amide bonds. The number of rotatable bonds is 7. The molecule has 3 N–H and O–H groups in total. The van der Waals surface area contributed by atoms with Crippen molar-refractivity contribution in [2.75, 3.05) is 33.3 Å². The molecular weight excluding hydrogens is 443 g/mol. The number of primary amides is 1. The van der Waals surface area contributed by atoms with Crippen LogP contribution in [0, 0.1) is 5.92 Å². The third-order valence-electron chi connectivity index (χ3n) is 5.47. The first-order valence-corrected chi connectivity index (χ1v) is 9.96. The largest absolute Gasteiger partial charge is 0.373 e. The second kappa shape index (κ2) is 12.0. The van der Waals surface area contributed by atoms with Gasteiger partial charge >= 0.3 is 0 Å². The zero-order chi connectivity index (χ0) is 18.1. The van der Waals surface area contributed by atoms with Crippen LogP contribution in [-0.2, 0) is 9.53 Å². The molecule has 1 heterocycles. The topological polar surface area (TPSA) is 79.9 Å². The van der Waals surface area contributed by atoms with Crippen LogP contribution in [0.4, 0.5) is 0 Å². The normalized spacial score (nSPS) is 23.2. The van der Waals surface area contributed by atoms with Crippen molar-refractivity contribution in [2.45, 2.75) is 70.3 Å². The lowest BCUT2D eigenvalue weighted by Crippen LogP contribution is -2.52. The van der Waals surface area contributed by atoms with Gasteiger partial charge in [0.2, 0.25) is 5.91 Å². The lowest BCUT2D eigenvalue weighted by Gasteiger charge is -2.40. The average molecular weight is 480 g/mol. The van der Waals surface area contributed by atoms with Crippen LogP contribution >= 0.6 is 24.0 Å². The van der Waals surface area contributed by atoms with Gasteiger partial charge in [0.15, 0.2) is 5.96 Å². The monoisotopic (exact) mass is 480 g/mol. The quantitative estimate of drug-likeness (QED) is 0.334. The number of piperidine rings is 1. The zero-order valence-corrected chi connectivity index (χ0v) is 18.8. The molecule has 0 radical (unpaired) electrons. The summed E-state index contributed by atoms with van der Waals surface area (Å²) < 4.78 is 6.28. The molecule has 1 saturated heterocycles. The molecule has 0 spiro atoms. The molecule has 2 rings (SSSR count). The summed E-state index contributed by atoms with van der Waals surface area (Å²) in [7, 11) is 1.83. The highest BCUT2D eigenvalue weighted by Crippen LogP contribution is 2.31. The van der Waals surface area contributed by atoms with Crippen molar-refractivity contribution < 1.29 is 9.53 Å². The Morgan fingerprint density at radius 1 is 1.31 bits per heavy atom. The van der Waals surface area contributed by atoms with Crippen LogP contribution in [-0.4, -0.2) is 55.7 Å². The van der Waals surface area contributed by atoms with Gasteiger partial charge in [-0.25, -0.2) is 0 Å². The predicted molar refractivity (Wildman–Crippen MR) is 117 cm³/mol. The van der Waals surface area contributed by atoms with Crippen molar-refractivity contribution >= 4 is 35.8 Å². The summed E-state index contributed by atoms with van der Waals surface area (Å²) in [5.74, 6) is 1.06. The summed E-state index contributed by atoms with van der Waals surface area (Å²) in [6, 6.07) is 0. The number of hydrogen-bond acceptors (Lipinski definition) is 3. The predicted octanol–water partition coefficient (Wildman–Crippen LogP) is 2.90. The molecule has 0 aromatic rings. The van der Waals surface area contributed by atoms with Gasteiger partial charge in [-0.15, -0.1) is 24.0 Å². The Hall–Kier alpha value is -0.570. The van der Waals surface area contributed by atoms with E-state index in [-0.39, 0.29) is 35.5 Å². The number of amides is 1. The van der Waals surface area contributed by atoms with Crippen LogP contribution in [0.3, 0.4) is 0 Å². The van der Waals surface area contributed by atoms with Crippen molar-refractivity contribution in [3.8, 4) is 0 Å². The van der Waals surface area contributed by atoms with Crippen molar-refractivity contribution in [3.63, 3.8) is 0 Å². The standard InChI is InChI=1S/C19H36N4O2.HI/c1-3-12-25-19(9-5-4-6-10-19)15-22-18(21-2)23-11-7-8-16(14-23)13-17(20)24;/h16H,3-15H2,1-2H3,(H2,20,24)(H,21,22);1H. The molecule has 0 aromatic carbocycles. The van der Waals surface area contributed by atoms with Crippen molar-refractivity contribution in [3.05, 3.63) is 0 Å². The number of halogens is 1. The van der Waals surface area contributed by atoms with Gasteiger partial charge in [-0.1, -0.05) is 26.2 Å². The molecule has 1 saturated carbocycles. The van der Waals surface area contributed by atoms with Gasteiger partial charge in [0.25, 0.3) is 0 Å². The molecule has 1 atom stereocenters. The van der Waals surface area contributed by atoms with E-state index >= 15 is 0 Å². The van der Waals surface area contributed by atoms with Crippen LogP contribution < -0.4 is 11.1 Å². The number of carbonyl (C=O) groups excluding carboxylic acids is 1. The lowest BCUT2D eigenvalue weighted by atomic mass is 9.84. The summed E-state index contributed by atoms with van der Waals surface area (Å²) in [5, 5.41) is 3.57. The van der Waals surface area contributed by atoms with E-state index in [2.05, 4.69) is 22.1 Å². The van der Waals surface area contributed by atoms with Crippen LogP contribution in [0.2, 0.25) is 0 Å². The van der Waals surface area contributed by atoms with E-state index in [9.17, 15) is 4.79 Å². The number of nitrogens with two attached hydrogens (primary N) is 1. The molecule has 152 valence electrons. The fourth-order valence-corrected chi connectivity index (χ4v) is 4.17. The van der Waals surface area contributed by atoms with Gasteiger partial charge < -0.3 is 20.7 Å². The minimum Gasteiger partial charge on any atom is -0.373 e. The number of aliphatic imine (C=N–C) groups is 1. The van der Waals surface area contributed by atoms with E-state index in [1.807, 2.05) is 7.05 Å². The molecule has 26 heavy (non-hydrogen) atoms. The van der Waals surface area contributed by atoms with E-state index in [0.29, 0.717) is 12.3 Å². The Bertz CT molecular complexity index is 453. The summed E-state index contributed by atoms with van der Waals surface area (Å²) in [6.45, 7) is 5.64. The molecule has 0 aromatic heterocycles. The minimum atomic E-state index is -0.205. The summed E-state index contributed by atoms with van der Waals surface area (Å²) >= 11 is 0. The van der Waals surface area contributed by atoms with Gasteiger partial charge in [-0.2, -0.15) is 0 Å². The SMILES string of the molecule is CCCOC1(CNC(=NC)N2CCCC(CC(N)=O)C2)CCCCC1.I. The second-order valence-electron chi connectivity index (χ2n) is 7.62. The third-order valence-corrected chi connectivity index (χ3v) is 5.47. The highest BCUT2D eigenvalue weighted by atomic mass is 127. The number of hydrogen-bond donors (Lipinski definition) is 2. The van der Waals surface area contributed by atoms with E-state index in [1.54, 1.807) is 0 Å². The number of nitrogens with one attached hydrogen (secondary N) is 1. The number of likely N-dealkylation sites (tertiary alicyclic amines) is 1. The molecule has 1 aliphatic carbocycles. The molecule has 2 fully saturated rings. The highest BCUT2D eigenvalue weighted by Gasteiger charge is 2.33. The van der Waals surface area contributed by atoms with Crippen LogP contribution in [0.1, 0.15) is 64.7 Å².